The summed E-state index contributed by atoms with van der Waals surface area (Å²) < 4.78 is 0. The van der Waals surface area contributed by atoms with E-state index in [9.17, 15) is 4.79 Å². The number of amides is 1. The highest BCUT2D eigenvalue weighted by Crippen LogP contribution is 2.20. The van der Waals surface area contributed by atoms with Crippen molar-refractivity contribution in [1.82, 2.24) is 0 Å². The van der Waals surface area contributed by atoms with Crippen LogP contribution in [0.5, 0.6) is 0 Å². The minimum absolute atomic E-state index is 0.139. The van der Waals surface area contributed by atoms with Crippen molar-refractivity contribution in [2.75, 3.05) is 36.2 Å². The molecule has 0 radical (unpaired) electrons. The highest BCUT2D eigenvalue weighted by molar-refractivity contribution is 6.33. The maximum Gasteiger partial charge on any atom is 0.243 e. The molecule has 0 fully saturated rings. The van der Waals surface area contributed by atoms with Crippen LogP contribution in [0.4, 0.5) is 17.1 Å². The number of hydrogen-bond acceptors (Lipinski definition) is 3. The number of hydrogen-bond donors (Lipinski definition) is 2. The average Bonchev–Trinajstić information content (AvgIpc) is 2.48. The molecule has 110 valence electrons. The van der Waals surface area contributed by atoms with Crippen molar-refractivity contribution in [1.29, 1.82) is 0 Å². The smallest absolute Gasteiger partial charge is 0.243 e. The summed E-state index contributed by atoms with van der Waals surface area (Å²) in [6.07, 6.45) is 0. The van der Waals surface area contributed by atoms with Crippen LogP contribution >= 0.6 is 11.6 Å². The molecule has 0 unspecified atom stereocenters. The standard InChI is InChI=1S/C16H18ClN3O/c1-20(2)13-9-7-12(8-10-13)18-11-16(21)19-15-6-4-3-5-14(15)17/h3-10,18H,11H2,1-2H3,(H,19,21). The number of halogens is 1. The van der Waals surface area contributed by atoms with Gasteiger partial charge in [-0.05, 0) is 36.4 Å². The normalized spacial score (nSPS) is 10.0. The average molecular weight is 304 g/mol. The minimum Gasteiger partial charge on any atom is -0.378 e. The fourth-order valence-corrected chi connectivity index (χ4v) is 2.00. The quantitative estimate of drug-likeness (QED) is 0.889. The number of nitrogens with zero attached hydrogens (tertiary/aromatic N) is 1. The third-order valence-electron chi connectivity index (χ3n) is 2.98. The Hall–Kier alpha value is -2.20. The van der Waals surface area contributed by atoms with Gasteiger partial charge in [-0.1, -0.05) is 23.7 Å². The first kappa shape index (κ1) is 15.2. The van der Waals surface area contributed by atoms with Gasteiger partial charge in [0.25, 0.3) is 0 Å². The first-order valence-corrected chi connectivity index (χ1v) is 6.99. The summed E-state index contributed by atoms with van der Waals surface area (Å²) in [6, 6.07) is 15.0. The lowest BCUT2D eigenvalue weighted by atomic mass is 10.2. The van der Waals surface area contributed by atoms with Gasteiger partial charge in [0, 0.05) is 25.5 Å². The lowest BCUT2D eigenvalue weighted by Gasteiger charge is -2.13. The molecule has 2 N–H and O–H groups in total. The Balaban J connectivity index is 1.88. The molecule has 5 heteroatoms. The van der Waals surface area contributed by atoms with E-state index < -0.39 is 0 Å². The molecule has 0 aliphatic heterocycles. The van der Waals surface area contributed by atoms with Gasteiger partial charge in [-0.2, -0.15) is 0 Å². The third-order valence-corrected chi connectivity index (χ3v) is 3.31. The summed E-state index contributed by atoms with van der Waals surface area (Å²) in [6.45, 7) is 0.187. The SMILES string of the molecule is CN(C)c1ccc(NCC(=O)Nc2ccccc2Cl)cc1. The van der Waals surface area contributed by atoms with E-state index in [1.165, 1.54) is 0 Å². The van der Waals surface area contributed by atoms with Crippen molar-refractivity contribution >= 4 is 34.6 Å². The number of benzene rings is 2. The van der Waals surface area contributed by atoms with Gasteiger partial charge in [-0.3, -0.25) is 4.79 Å². The van der Waals surface area contributed by atoms with E-state index in [0.717, 1.165) is 11.4 Å². The Bertz CT molecular complexity index is 611. The lowest BCUT2D eigenvalue weighted by Crippen LogP contribution is -2.21. The second kappa shape index (κ2) is 6.99. The molecule has 0 aliphatic rings. The molecule has 0 aromatic heterocycles. The summed E-state index contributed by atoms with van der Waals surface area (Å²) in [4.78, 5) is 13.9. The van der Waals surface area contributed by atoms with Crippen LogP contribution in [0.3, 0.4) is 0 Å². The van der Waals surface area contributed by atoms with Crippen LogP contribution in [0.1, 0.15) is 0 Å². The van der Waals surface area contributed by atoms with Crippen LogP contribution in [0, 0.1) is 0 Å². The molecular formula is C16H18ClN3O. The van der Waals surface area contributed by atoms with Crippen molar-refractivity contribution in [2.45, 2.75) is 0 Å². The van der Waals surface area contributed by atoms with Gasteiger partial charge in [-0.15, -0.1) is 0 Å². The van der Waals surface area contributed by atoms with E-state index in [2.05, 4.69) is 10.6 Å². The lowest BCUT2D eigenvalue weighted by molar-refractivity contribution is -0.114. The molecule has 0 aliphatic carbocycles. The Kier molecular flexibility index (Phi) is 5.06. The van der Waals surface area contributed by atoms with Gasteiger partial charge in [-0.25, -0.2) is 0 Å². The second-order valence-electron chi connectivity index (χ2n) is 4.82. The molecule has 21 heavy (non-hydrogen) atoms. The topological polar surface area (TPSA) is 44.4 Å². The number of carbonyl (C=O) groups is 1. The molecule has 0 heterocycles. The van der Waals surface area contributed by atoms with Crippen LogP contribution in [0.15, 0.2) is 48.5 Å². The number of rotatable bonds is 5. The summed E-state index contributed by atoms with van der Waals surface area (Å²) in [7, 11) is 3.97. The fourth-order valence-electron chi connectivity index (χ4n) is 1.82. The van der Waals surface area contributed by atoms with E-state index in [1.807, 2.05) is 55.4 Å². The zero-order chi connectivity index (χ0) is 15.2. The van der Waals surface area contributed by atoms with Gasteiger partial charge in [0.1, 0.15) is 0 Å². The predicted molar refractivity (Wildman–Crippen MR) is 89.3 cm³/mol. The third kappa shape index (κ3) is 4.39. The number of nitrogens with one attached hydrogen (secondary N) is 2. The Morgan fingerprint density at radius 3 is 2.38 bits per heavy atom. The Morgan fingerprint density at radius 1 is 1.10 bits per heavy atom. The molecule has 0 saturated carbocycles. The Labute approximate surface area is 129 Å². The zero-order valence-corrected chi connectivity index (χ0v) is 12.8. The molecule has 0 saturated heterocycles. The van der Waals surface area contributed by atoms with E-state index in [4.69, 9.17) is 11.6 Å². The van der Waals surface area contributed by atoms with Crippen LogP contribution in [-0.2, 0) is 4.79 Å². The van der Waals surface area contributed by atoms with Crippen molar-refractivity contribution in [3.05, 3.63) is 53.6 Å². The maximum absolute atomic E-state index is 11.9. The van der Waals surface area contributed by atoms with Crippen molar-refractivity contribution in [3.63, 3.8) is 0 Å². The van der Waals surface area contributed by atoms with Gasteiger partial charge in [0.15, 0.2) is 0 Å². The number of anilines is 3. The minimum atomic E-state index is -0.139. The van der Waals surface area contributed by atoms with Crippen LogP contribution in [-0.4, -0.2) is 26.5 Å². The predicted octanol–water partition coefficient (Wildman–Crippen LogP) is 3.46. The Morgan fingerprint density at radius 2 is 1.76 bits per heavy atom. The summed E-state index contributed by atoms with van der Waals surface area (Å²) in [5, 5.41) is 6.37. The van der Waals surface area contributed by atoms with Crippen molar-refractivity contribution in [3.8, 4) is 0 Å². The van der Waals surface area contributed by atoms with E-state index in [1.54, 1.807) is 12.1 Å². The highest BCUT2D eigenvalue weighted by Gasteiger charge is 2.05. The van der Waals surface area contributed by atoms with Crippen LogP contribution < -0.4 is 15.5 Å². The van der Waals surface area contributed by atoms with Gasteiger partial charge in [0.2, 0.25) is 5.91 Å². The molecule has 1 amide bonds. The molecule has 2 rings (SSSR count). The van der Waals surface area contributed by atoms with E-state index >= 15 is 0 Å². The number of para-hydroxylation sites is 1. The summed E-state index contributed by atoms with van der Waals surface area (Å²) in [5.41, 5.74) is 2.63. The molecule has 4 nitrogen and oxygen atoms in total. The van der Waals surface area contributed by atoms with Crippen molar-refractivity contribution in [2.24, 2.45) is 0 Å². The number of carbonyl (C=O) groups excluding carboxylic acids is 1. The molecule has 0 spiro atoms. The molecule has 0 bridgehead atoms. The van der Waals surface area contributed by atoms with Gasteiger partial charge < -0.3 is 15.5 Å². The van der Waals surface area contributed by atoms with Crippen molar-refractivity contribution < 1.29 is 4.79 Å². The molecule has 2 aromatic carbocycles. The van der Waals surface area contributed by atoms with Gasteiger partial charge >= 0.3 is 0 Å². The summed E-state index contributed by atoms with van der Waals surface area (Å²) in [5.74, 6) is -0.139. The zero-order valence-electron chi connectivity index (χ0n) is 12.1. The molecular weight excluding hydrogens is 286 g/mol. The first-order valence-electron chi connectivity index (χ1n) is 6.62. The highest BCUT2D eigenvalue weighted by atomic mass is 35.5. The largest absolute Gasteiger partial charge is 0.378 e. The van der Waals surface area contributed by atoms with E-state index in [-0.39, 0.29) is 12.5 Å². The first-order chi connectivity index (χ1) is 10.1. The second-order valence-corrected chi connectivity index (χ2v) is 5.23. The molecule has 0 atom stereocenters. The van der Waals surface area contributed by atoms with Gasteiger partial charge in [0.05, 0.1) is 17.3 Å². The van der Waals surface area contributed by atoms with Crippen LogP contribution in [0.2, 0.25) is 5.02 Å². The summed E-state index contributed by atoms with van der Waals surface area (Å²) >= 11 is 5.99. The van der Waals surface area contributed by atoms with E-state index in [0.29, 0.717) is 10.7 Å². The van der Waals surface area contributed by atoms with Crippen LogP contribution in [0.25, 0.3) is 0 Å². The maximum atomic E-state index is 11.9. The fraction of sp³-hybridized carbons (Fsp3) is 0.188. The molecule has 2 aromatic rings. The monoisotopic (exact) mass is 303 g/mol.